The van der Waals surface area contributed by atoms with Crippen molar-refractivity contribution in [2.45, 2.75) is 44.3 Å². The lowest BCUT2D eigenvalue weighted by atomic mass is 10.0. The van der Waals surface area contributed by atoms with E-state index in [1.807, 2.05) is 18.5 Å². The van der Waals surface area contributed by atoms with Crippen LogP contribution in [0.15, 0.2) is 36.7 Å². The Hall–Kier alpha value is -1.72. The molecular formula is C21H29FN4. The van der Waals surface area contributed by atoms with Crippen molar-refractivity contribution >= 4 is 0 Å². The third-order valence-corrected chi connectivity index (χ3v) is 6.46. The van der Waals surface area contributed by atoms with Gasteiger partial charge in [0, 0.05) is 30.4 Å². The van der Waals surface area contributed by atoms with E-state index in [-0.39, 0.29) is 5.82 Å². The molecule has 4 rings (SSSR count). The van der Waals surface area contributed by atoms with E-state index in [2.05, 4.69) is 36.0 Å². The number of nitrogens with zero attached hydrogens (tertiary/aromatic N) is 4. The van der Waals surface area contributed by atoms with E-state index in [4.69, 9.17) is 0 Å². The molecule has 4 nitrogen and oxygen atoms in total. The molecule has 1 aromatic carbocycles. The molecule has 4 atom stereocenters. The number of fused-ring (bicyclic) bond motifs is 1. The Morgan fingerprint density at radius 3 is 2.42 bits per heavy atom. The second-order valence-electron chi connectivity index (χ2n) is 8.42. The number of halogens is 1. The molecule has 0 radical (unpaired) electrons. The monoisotopic (exact) mass is 356 g/mol. The summed E-state index contributed by atoms with van der Waals surface area (Å²) in [6, 6.07) is 8.02. The minimum Gasteiger partial charge on any atom is -0.306 e. The zero-order chi connectivity index (χ0) is 18.3. The van der Waals surface area contributed by atoms with Crippen LogP contribution in [0.3, 0.4) is 0 Å². The van der Waals surface area contributed by atoms with Gasteiger partial charge in [0.15, 0.2) is 0 Å². The van der Waals surface area contributed by atoms with E-state index in [0.717, 1.165) is 30.1 Å². The van der Waals surface area contributed by atoms with Gasteiger partial charge in [0.1, 0.15) is 5.82 Å². The predicted octanol–water partition coefficient (Wildman–Crippen LogP) is 3.56. The standard InChI is InChI=1S/C21H29FN4/c1-24(2)20-7-16-9-21(10-17(16)8-20)25(3)13-15-12-23-26(14-15)19-6-4-5-18(22)11-19/h4-6,11-12,14,16-17,20-21H,7-10,13H2,1-3H3/t16-,17+,20?,21?. The van der Waals surface area contributed by atoms with Crippen LogP contribution in [0.25, 0.3) is 5.69 Å². The van der Waals surface area contributed by atoms with Crippen molar-refractivity contribution in [1.82, 2.24) is 19.6 Å². The Kier molecular flexibility index (Phi) is 4.84. The third kappa shape index (κ3) is 3.55. The predicted molar refractivity (Wildman–Crippen MR) is 102 cm³/mol. The van der Waals surface area contributed by atoms with Crippen LogP contribution in [0.2, 0.25) is 0 Å². The lowest BCUT2D eigenvalue weighted by Crippen LogP contribution is -2.31. The quantitative estimate of drug-likeness (QED) is 0.819. The number of aromatic nitrogens is 2. The first kappa shape index (κ1) is 17.7. The van der Waals surface area contributed by atoms with Gasteiger partial charge in [0.05, 0.1) is 11.9 Å². The fraction of sp³-hybridized carbons (Fsp3) is 0.571. The van der Waals surface area contributed by atoms with E-state index in [9.17, 15) is 4.39 Å². The van der Waals surface area contributed by atoms with Crippen LogP contribution >= 0.6 is 0 Å². The first-order valence-corrected chi connectivity index (χ1v) is 9.65. The van der Waals surface area contributed by atoms with Gasteiger partial charge in [-0.2, -0.15) is 5.10 Å². The Morgan fingerprint density at radius 1 is 1.08 bits per heavy atom. The second-order valence-corrected chi connectivity index (χ2v) is 8.42. The van der Waals surface area contributed by atoms with E-state index < -0.39 is 0 Å². The molecular weight excluding hydrogens is 327 g/mol. The number of hydrogen-bond donors (Lipinski definition) is 0. The van der Waals surface area contributed by atoms with Crippen molar-refractivity contribution < 1.29 is 4.39 Å². The first-order valence-electron chi connectivity index (χ1n) is 9.65. The molecule has 0 N–H and O–H groups in total. The molecule has 0 spiro atoms. The fourth-order valence-electron chi connectivity index (χ4n) is 4.95. The molecule has 0 bridgehead atoms. The summed E-state index contributed by atoms with van der Waals surface area (Å²) in [7, 11) is 6.66. The van der Waals surface area contributed by atoms with Gasteiger partial charge in [-0.3, -0.25) is 4.90 Å². The van der Waals surface area contributed by atoms with Crippen molar-refractivity contribution in [3.63, 3.8) is 0 Å². The minimum absolute atomic E-state index is 0.231. The van der Waals surface area contributed by atoms with Crippen molar-refractivity contribution in [3.05, 3.63) is 48.0 Å². The minimum atomic E-state index is -0.231. The molecule has 26 heavy (non-hydrogen) atoms. The zero-order valence-electron chi connectivity index (χ0n) is 16.0. The Labute approximate surface area is 155 Å². The smallest absolute Gasteiger partial charge is 0.125 e. The van der Waals surface area contributed by atoms with E-state index >= 15 is 0 Å². The van der Waals surface area contributed by atoms with E-state index in [1.54, 1.807) is 10.7 Å². The molecule has 1 aromatic heterocycles. The third-order valence-electron chi connectivity index (χ3n) is 6.46. The highest BCUT2D eigenvalue weighted by Crippen LogP contribution is 2.46. The van der Waals surface area contributed by atoms with E-state index in [0.29, 0.717) is 6.04 Å². The summed E-state index contributed by atoms with van der Waals surface area (Å²) in [6.07, 6.45) is 9.29. The van der Waals surface area contributed by atoms with Crippen LogP contribution < -0.4 is 0 Å². The highest BCUT2D eigenvalue weighted by atomic mass is 19.1. The van der Waals surface area contributed by atoms with Crippen LogP contribution in [0, 0.1) is 17.7 Å². The number of benzene rings is 1. The van der Waals surface area contributed by atoms with Crippen molar-refractivity contribution in [2.24, 2.45) is 11.8 Å². The largest absolute Gasteiger partial charge is 0.306 e. The average Bonchev–Trinajstić information content (AvgIpc) is 3.28. The summed E-state index contributed by atoms with van der Waals surface area (Å²) in [5, 5.41) is 4.41. The summed E-state index contributed by atoms with van der Waals surface area (Å²) in [4.78, 5) is 4.88. The Bertz CT molecular complexity index is 742. The van der Waals surface area contributed by atoms with Crippen LogP contribution in [-0.4, -0.2) is 52.8 Å². The summed E-state index contributed by atoms with van der Waals surface area (Å²) in [5.74, 6) is 1.56. The molecule has 2 aliphatic carbocycles. The second kappa shape index (κ2) is 7.12. The van der Waals surface area contributed by atoms with Gasteiger partial charge in [-0.05, 0) is 76.9 Å². The molecule has 2 fully saturated rings. The van der Waals surface area contributed by atoms with Crippen LogP contribution in [0.4, 0.5) is 4.39 Å². The summed E-state index contributed by atoms with van der Waals surface area (Å²) >= 11 is 0. The molecule has 140 valence electrons. The van der Waals surface area contributed by atoms with E-state index in [1.165, 1.54) is 43.4 Å². The lowest BCUT2D eigenvalue weighted by Gasteiger charge is -2.26. The molecule has 2 aromatic rings. The first-order chi connectivity index (χ1) is 12.5. The fourth-order valence-corrected chi connectivity index (χ4v) is 4.95. The number of hydrogen-bond acceptors (Lipinski definition) is 3. The normalized spacial score (nSPS) is 28.2. The molecule has 0 aliphatic heterocycles. The molecule has 0 amide bonds. The topological polar surface area (TPSA) is 24.3 Å². The maximum absolute atomic E-state index is 13.4. The summed E-state index contributed by atoms with van der Waals surface area (Å²) < 4.78 is 15.2. The van der Waals surface area contributed by atoms with Gasteiger partial charge < -0.3 is 4.90 Å². The van der Waals surface area contributed by atoms with Crippen molar-refractivity contribution in [2.75, 3.05) is 21.1 Å². The molecule has 2 aliphatic rings. The molecule has 2 unspecified atom stereocenters. The summed E-state index contributed by atoms with van der Waals surface area (Å²) in [5.41, 5.74) is 1.95. The molecule has 1 heterocycles. The van der Waals surface area contributed by atoms with Crippen molar-refractivity contribution in [1.29, 1.82) is 0 Å². The Morgan fingerprint density at radius 2 is 1.77 bits per heavy atom. The van der Waals surface area contributed by atoms with Gasteiger partial charge in [-0.15, -0.1) is 0 Å². The lowest BCUT2D eigenvalue weighted by molar-refractivity contribution is 0.212. The van der Waals surface area contributed by atoms with Crippen LogP contribution in [0.5, 0.6) is 0 Å². The maximum atomic E-state index is 13.4. The zero-order valence-corrected chi connectivity index (χ0v) is 16.0. The molecule has 2 saturated carbocycles. The SMILES string of the molecule is CN(C)C1C[C@@H]2CC(N(C)Cc3cnn(-c4cccc(F)c4)c3)C[C@@H]2C1. The highest BCUT2D eigenvalue weighted by molar-refractivity contribution is 5.31. The van der Waals surface area contributed by atoms with Gasteiger partial charge in [0.2, 0.25) is 0 Å². The van der Waals surface area contributed by atoms with Gasteiger partial charge in [-0.1, -0.05) is 6.07 Å². The molecule has 0 saturated heterocycles. The van der Waals surface area contributed by atoms with Crippen molar-refractivity contribution in [3.8, 4) is 5.69 Å². The maximum Gasteiger partial charge on any atom is 0.125 e. The Balaban J connectivity index is 1.36. The number of rotatable bonds is 5. The summed E-state index contributed by atoms with van der Waals surface area (Å²) in [6.45, 7) is 0.899. The van der Waals surface area contributed by atoms with Crippen LogP contribution in [0.1, 0.15) is 31.2 Å². The van der Waals surface area contributed by atoms with Gasteiger partial charge in [0.25, 0.3) is 0 Å². The van der Waals surface area contributed by atoms with Gasteiger partial charge in [-0.25, -0.2) is 9.07 Å². The van der Waals surface area contributed by atoms with Crippen LogP contribution in [-0.2, 0) is 6.54 Å². The molecule has 5 heteroatoms. The highest BCUT2D eigenvalue weighted by Gasteiger charge is 2.43. The average molecular weight is 356 g/mol. The van der Waals surface area contributed by atoms with Gasteiger partial charge >= 0.3 is 0 Å².